The number of phenols is 1. The van der Waals surface area contributed by atoms with Crippen LogP contribution in [0.1, 0.15) is 12.5 Å². The van der Waals surface area contributed by atoms with Gasteiger partial charge < -0.3 is 9.84 Å². The highest BCUT2D eigenvalue weighted by Crippen LogP contribution is 2.29. The Morgan fingerprint density at radius 3 is 2.59 bits per heavy atom. The van der Waals surface area contributed by atoms with Crippen molar-refractivity contribution < 1.29 is 19.4 Å². The molecule has 138 valence electrons. The van der Waals surface area contributed by atoms with Gasteiger partial charge in [0, 0.05) is 5.02 Å². The van der Waals surface area contributed by atoms with Gasteiger partial charge in [0.05, 0.1) is 12.3 Å². The summed E-state index contributed by atoms with van der Waals surface area (Å²) < 4.78 is 5.33. The predicted octanol–water partition coefficient (Wildman–Crippen LogP) is 3.28. The normalized spacial score (nSPS) is 15.9. The van der Waals surface area contributed by atoms with Crippen LogP contribution in [0, 0.1) is 0 Å². The molecule has 1 heterocycles. The smallest absolute Gasteiger partial charge is 0.270 e. The molecule has 1 aliphatic heterocycles. The molecule has 0 aliphatic carbocycles. The van der Waals surface area contributed by atoms with Gasteiger partial charge in [0.2, 0.25) is 0 Å². The zero-order chi connectivity index (χ0) is 19.6. The number of rotatable bonds is 4. The van der Waals surface area contributed by atoms with E-state index in [1.54, 1.807) is 43.3 Å². The van der Waals surface area contributed by atoms with Crippen molar-refractivity contribution in [3.8, 4) is 11.5 Å². The van der Waals surface area contributed by atoms with Crippen molar-refractivity contribution in [3.63, 3.8) is 0 Å². The van der Waals surface area contributed by atoms with E-state index in [1.165, 1.54) is 17.0 Å². The Morgan fingerprint density at radius 2 is 1.93 bits per heavy atom. The van der Waals surface area contributed by atoms with Crippen molar-refractivity contribution in [1.82, 2.24) is 5.32 Å². The Labute approximate surface area is 166 Å². The third kappa shape index (κ3) is 3.94. The first-order valence-corrected chi connectivity index (χ1v) is 8.82. The number of hydrogen-bond donors (Lipinski definition) is 2. The third-order valence-electron chi connectivity index (χ3n) is 3.78. The molecule has 0 atom stereocenters. The summed E-state index contributed by atoms with van der Waals surface area (Å²) in [5.74, 6) is -0.915. The molecule has 8 heteroatoms. The average molecular weight is 403 g/mol. The van der Waals surface area contributed by atoms with Crippen molar-refractivity contribution in [2.75, 3.05) is 11.5 Å². The molecule has 2 aromatic carbocycles. The number of carbonyl (C=O) groups is 2. The lowest BCUT2D eigenvalue weighted by Gasteiger charge is -2.29. The van der Waals surface area contributed by atoms with E-state index in [2.05, 4.69) is 5.32 Å². The van der Waals surface area contributed by atoms with Crippen LogP contribution in [-0.2, 0) is 9.59 Å². The number of nitrogens with one attached hydrogen (secondary N) is 1. The number of hydrogen-bond acceptors (Lipinski definition) is 5. The Hall–Kier alpha value is -2.90. The zero-order valence-corrected chi connectivity index (χ0v) is 15.8. The van der Waals surface area contributed by atoms with Gasteiger partial charge in [-0.15, -0.1) is 0 Å². The fourth-order valence-corrected chi connectivity index (χ4v) is 2.95. The van der Waals surface area contributed by atoms with Gasteiger partial charge in [-0.2, -0.15) is 0 Å². The summed E-state index contributed by atoms with van der Waals surface area (Å²) >= 11 is 11.0. The molecular formula is C19H15ClN2O4S. The molecule has 2 aromatic rings. The molecule has 0 radical (unpaired) electrons. The zero-order valence-electron chi connectivity index (χ0n) is 14.2. The summed E-state index contributed by atoms with van der Waals surface area (Å²) in [5, 5.41) is 12.8. The lowest BCUT2D eigenvalue weighted by molar-refractivity contribution is -0.122. The SMILES string of the molecule is CCOc1cc(/C=C2\C(=O)NC(=S)N(c3ccc(Cl)cc3)C2=O)ccc1O. The van der Waals surface area contributed by atoms with E-state index in [1.807, 2.05) is 0 Å². The molecule has 1 aliphatic rings. The fourth-order valence-electron chi connectivity index (χ4n) is 2.54. The molecule has 2 amide bonds. The summed E-state index contributed by atoms with van der Waals surface area (Å²) in [6.07, 6.45) is 1.42. The number of phenolic OH excluding ortho intramolecular Hbond substituents is 1. The first-order valence-electron chi connectivity index (χ1n) is 8.03. The van der Waals surface area contributed by atoms with Crippen molar-refractivity contribution in [3.05, 3.63) is 58.6 Å². The van der Waals surface area contributed by atoms with E-state index in [0.717, 1.165) is 0 Å². The van der Waals surface area contributed by atoms with Gasteiger partial charge >= 0.3 is 0 Å². The predicted molar refractivity (Wildman–Crippen MR) is 107 cm³/mol. The van der Waals surface area contributed by atoms with Gasteiger partial charge in [-0.05, 0) is 67.2 Å². The van der Waals surface area contributed by atoms with Crippen LogP contribution in [0.3, 0.4) is 0 Å². The number of benzene rings is 2. The van der Waals surface area contributed by atoms with Crippen molar-refractivity contribution >= 4 is 52.5 Å². The minimum atomic E-state index is -0.596. The van der Waals surface area contributed by atoms with Crippen LogP contribution in [-0.4, -0.2) is 28.6 Å². The Morgan fingerprint density at radius 1 is 1.22 bits per heavy atom. The molecule has 0 unspecified atom stereocenters. The van der Waals surface area contributed by atoms with Crippen LogP contribution in [0.4, 0.5) is 5.69 Å². The second kappa shape index (κ2) is 7.77. The van der Waals surface area contributed by atoms with Gasteiger partial charge in [-0.25, -0.2) is 0 Å². The maximum absolute atomic E-state index is 12.9. The molecule has 2 N–H and O–H groups in total. The summed E-state index contributed by atoms with van der Waals surface area (Å²) in [6.45, 7) is 2.15. The number of aromatic hydroxyl groups is 1. The van der Waals surface area contributed by atoms with Gasteiger partial charge in [0.1, 0.15) is 5.57 Å². The van der Waals surface area contributed by atoms with Crippen LogP contribution in [0.25, 0.3) is 6.08 Å². The first kappa shape index (κ1) is 18.9. The summed E-state index contributed by atoms with van der Waals surface area (Å²) in [6, 6.07) is 11.1. The Bertz CT molecular complexity index is 957. The molecule has 0 spiro atoms. The second-order valence-electron chi connectivity index (χ2n) is 5.59. The third-order valence-corrected chi connectivity index (χ3v) is 4.32. The van der Waals surface area contributed by atoms with Gasteiger partial charge in [-0.3, -0.25) is 19.8 Å². The van der Waals surface area contributed by atoms with E-state index >= 15 is 0 Å². The van der Waals surface area contributed by atoms with Crippen LogP contribution in [0.2, 0.25) is 5.02 Å². The molecule has 6 nitrogen and oxygen atoms in total. The van der Waals surface area contributed by atoms with Gasteiger partial charge in [0.15, 0.2) is 16.6 Å². The quantitative estimate of drug-likeness (QED) is 0.466. The number of amides is 2. The maximum atomic E-state index is 12.9. The lowest BCUT2D eigenvalue weighted by atomic mass is 10.1. The van der Waals surface area contributed by atoms with E-state index in [4.69, 9.17) is 28.6 Å². The minimum absolute atomic E-state index is 0.00909. The van der Waals surface area contributed by atoms with Gasteiger partial charge in [-0.1, -0.05) is 17.7 Å². The number of nitrogens with zero attached hydrogens (tertiary/aromatic N) is 1. The highest BCUT2D eigenvalue weighted by Gasteiger charge is 2.34. The highest BCUT2D eigenvalue weighted by molar-refractivity contribution is 7.80. The number of thiocarbonyl (C=S) groups is 1. The number of halogens is 1. The van der Waals surface area contributed by atoms with Crippen LogP contribution in [0.15, 0.2) is 48.0 Å². The van der Waals surface area contributed by atoms with E-state index in [-0.39, 0.29) is 22.2 Å². The summed E-state index contributed by atoms with van der Waals surface area (Å²) in [4.78, 5) is 26.4. The monoisotopic (exact) mass is 402 g/mol. The lowest BCUT2D eigenvalue weighted by Crippen LogP contribution is -2.54. The Balaban J connectivity index is 1.99. The number of carbonyl (C=O) groups excluding carboxylic acids is 2. The van der Waals surface area contributed by atoms with Gasteiger partial charge in [0.25, 0.3) is 11.8 Å². The molecule has 27 heavy (non-hydrogen) atoms. The molecular weight excluding hydrogens is 388 g/mol. The maximum Gasteiger partial charge on any atom is 0.270 e. The largest absolute Gasteiger partial charge is 0.504 e. The van der Waals surface area contributed by atoms with Crippen LogP contribution >= 0.6 is 23.8 Å². The van der Waals surface area contributed by atoms with Crippen molar-refractivity contribution in [1.29, 1.82) is 0 Å². The molecule has 0 aromatic heterocycles. The van der Waals surface area contributed by atoms with Crippen LogP contribution < -0.4 is 15.0 Å². The fraction of sp³-hybridized carbons (Fsp3) is 0.105. The topological polar surface area (TPSA) is 78.9 Å². The molecule has 0 bridgehead atoms. The Kier molecular flexibility index (Phi) is 5.43. The van der Waals surface area contributed by atoms with Crippen molar-refractivity contribution in [2.24, 2.45) is 0 Å². The molecule has 1 fully saturated rings. The summed E-state index contributed by atoms with van der Waals surface area (Å²) in [5.41, 5.74) is 0.923. The minimum Gasteiger partial charge on any atom is -0.504 e. The molecule has 1 saturated heterocycles. The van der Waals surface area contributed by atoms with E-state index in [0.29, 0.717) is 22.9 Å². The highest BCUT2D eigenvalue weighted by atomic mass is 35.5. The van der Waals surface area contributed by atoms with E-state index in [9.17, 15) is 14.7 Å². The standard InChI is InChI=1S/C19H15ClN2O4S/c1-2-26-16-10-11(3-8-15(16)23)9-14-17(24)21-19(27)22(18(14)25)13-6-4-12(20)5-7-13/h3-10,23H,2H2,1H3,(H,21,24,27)/b14-9+. The second-order valence-corrected chi connectivity index (χ2v) is 6.42. The van der Waals surface area contributed by atoms with E-state index < -0.39 is 11.8 Å². The van der Waals surface area contributed by atoms with Crippen molar-refractivity contribution in [2.45, 2.75) is 6.92 Å². The average Bonchev–Trinajstić information content (AvgIpc) is 2.63. The molecule has 0 saturated carbocycles. The van der Waals surface area contributed by atoms with Crippen LogP contribution in [0.5, 0.6) is 11.5 Å². The number of ether oxygens (including phenoxy) is 1. The first-order chi connectivity index (χ1) is 12.9. The molecule has 3 rings (SSSR count). The summed E-state index contributed by atoms with van der Waals surface area (Å²) in [7, 11) is 0. The number of anilines is 1.